The normalized spacial score (nSPS) is 23.9. The highest BCUT2D eigenvalue weighted by molar-refractivity contribution is 9.12. The molecule has 0 spiro atoms. The van der Waals surface area contributed by atoms with E-state index in [9.17, 15) is 13.5 Å². The van der Waals surface area contributed by atoms with E-state index in [0.29, 0.717) is 10.3 Å². The van der Waals surface area contributed by atoms with E-state index in [2.05, 4.69) is 36.6 Å². The van der Waals surface area contributed by atoms with Gasteiger partial charge in [-0.25, -0.2) is 13.1 Å². The number of rotatable bonds is 5. The number of hydrogen-bond donors (Lipinski definition) is 2. The van der Waals surface area contributed by atoms with Crippen LogP contribution in [0.5, 0.6) is 0 Å². The summed E-state index contributed by atoms with van der Waals surface area (Å²) in [6.07, 6.45) is 3.02. The standard InChI is InChI=1S/C11H15Br2NO3S2/c12-10-4-9(11(13)18-10)19(16,17)14-5-7-2-1-3-8(7)6-15/h4,7-8,14-15H,1-3,5-6H2. The average Bonchev–Trinajstić information content (AvgIpc) is 2.93. The molecule has 0 aromatic carbocycles. The molecule has 2 unspecified atom stereocenters. The first kappa shape index (κ1) is 15.9. The fourth-order valence-electron chi connectivity index (χ4n) is 2.43. The zero-order valence-corrected chi connectivity index (χ0v) is 14.9. The summed E-state index contributed by atoms with van der Waals surface area (Å²) in [6, 6.07) is 1.59. The first-order chi connectivity index (χ1) is 8.94. The van der Waals surface area contributed by atoms with Gasteiger partial charge >= 0.3 is 0 Å². The van der Waals surface area contributed by atoms with Gasteiger partial charge in [-0.3, -0.25) is 0 Å². The fourth-order valence-corrected chi connectivity index (χ4v) is 7.33. The topological polar surface area (TPSA) is 66.4 Å². The molecule has 1 aromatic rings. The second-order valence-corrected chi connectivity index (χ2v) is 10.2. The first-order valence-electron chi connectivity index (χ1n) is 5.99. The largest absolute Gasteiger partial charge is 0.396 e. The van der Waals surface area contributed by atoms with Crippen LogP contribution in [-0.2, 0) is 10.0 Å². The summed E-state index contributed by atoms with van der Waals surface area (Å²) in [6.45, 7) is 0.535. The predicted octanol–water partition coefficient (Wildman–Crippen LogP) is 2.96. The van der Waals surface area contributed by atoms with E-state index in [0.717, 1.165) is 23.0 Å². The Bertz CT molecular complexity index is 544. The van der Waals surface area contributed by atoms with Crippen molar-refractivity contribution in [2.45, 2.75) is 24.2 Å². The van der Waals surface area contributed by atoms with Crippen LogP contribution < -0.4 is 4.72 Å². The molecule has 108 valence electrons. The monoisotopic (exact) mass is 431 g/mol. The molecule has 1 heterocycles. The highest BCUT2D eigenvalue weighted by atomic mass is 79.9. The highest BCUT2D eigenvalue weighted by Gasteiger charge is 2.29. The number of nitrogens with one attached hydrogen (secondary N) is 1. The van der Waals surface area contributed by atoms with Crippen LogP contribution in [0.2, 0.25) is 0 Å². The Kier molecular flexibility index (Phi) is 5.47. The number of sulfonamides is 1. The van der Waals surface area contributed by atoms with Gasteiger partial charge in [0.05, 0.1) is 7.57 Å². The SMILES string of the molecule is O=S(=O)(NCC1CCCC1CO)c1cc(Br)sc1Br. The lowest BCUT2D eigenvalue weighted by atomic mass is 9.97. The third-order valence-electron chi connectivity index (χ3n) is 3.50. The van der Waals surface area contributed by atoms with Crippen LogP contribution >= 0.6 is 43.2 Å². The molecule has 1 aliphatic rings. The third-order valence-corrected chi connectivity index (χ3v) is 7.68. The van der Waals surface area contributed by atoms with Gasteiger partial charge in [0.1, 0.15) is 4.90 Å². The molecular formula is C11H15Br2NO3S2. The fraction of sp³-hybridized carbons (Fsp3) is 0.636. The van der Waals surface area contributed by atoms with E-state index in [4.69, 9.17) is 0 Å². The van der Waals surface area contributed by atoms with Crippen molar-refractivity contribution in [2.75, 3.05) is 13.2 Å². The van der Waals surface area contributed by atoms with E-state index >= 15 is 0 Å². The minimum atomic E-state index is -3.49. The van der Waals surface area contributed by atoms with Gasteiger partial charge < -0.3 is 5.11 Å². The van der Waals surface area contributed by atoms with Crippen LogP contribution in [0.3, 0.4) is 0 Å². The van der Waals surface area contributed by atoms with E-state index in [1.807, 2.05) is 0 Å². The molecule has 0 aliphatic heterocycles. The quantitative estimate of drug-likeness (QED) is 0.751. The summed E-state index contributed by atoms with van der Waals surface area (Å²) >= 11 is 7.87. The maximum atomic E-state index is 12.2. The number of hydrogen-bond acceptors (Lipinski definition) is 4. The Labute approximate surface area is 133 Å². The minimum Gasteiger partial charge on any atom is -0.396 e. The van der Waals surface area contributed by atoms with Crippen LogP contribution in [-0.4, -0.2) is 26.7 Å². The molecule has 4 nitrogen and oxygen atoms in total. The second-order valence-electron chi connectivity index (χ2n) is 4.67. The van der Waals surface area contributed by atoms with Crippen LogP contribution in [0, 0.1) is 11.8 Å². The molecule has 0 saturated heterocycles. The van der Waals surface area contributed by atoms with Crippen molar-refractivity contribution in [1.29, 1.82) is 0 Å². The molecule has 2 N–H and O–H groups in total. The summed E-state index contributed by atoms with van der Waals surface area (Å²) < 4.78 is 28.4. The number of aliphatic hydroxyl groups is 1. The first-order valence-corrected chi connectivity index (χ1v) is 9.88. The molecule has 0 radical (unpaired) electrons. The van der Waals surface area contributed by atoms with E-state index in [-0.39, 0.29) is 23.3 Å². The summed E-state index contributed by atoms with van der Waals surface area (Å²) in [7, 11) is -3.49. The van der Waals surface area contributed by atoms with Crippen molar-refractivity contribution in [1.82, 2.24) is 4.72 Å². The number of thiophene rings is 1. The minimum absolute atomic E-state index is 0.139. The molecule has 8 heteroatoms. The van der Waals surface area contributed by atoms with E-state index in [1.54, 1.807) is 6.07 Å². The number of halogens is 2. The molecule has 0 amide bonds. The van der Waals surface area contributed by atoms with Crippen LogP contribution in [0.15, 0.2) is 18.5 Å². The molecule has 19 heavy (non-hydrogen) atoms. The maximum absolute atomic E-state index is 12.2. The van der Waals surface area contributed by atoms with Gasteiger partial charge in [0, 0.05) is 13.2 Å². The Balaban J connectivity index is 2.04. The summed E-state index contributed by atoms with van der Waals surface area (Å²) in [5, 5.41) is 9.24. The lowest BCUT2D eigenvalue weighted by Crippen LogP contribution is -2.31. The Morgan fingerprint density at radius 1 is 1.37 bits per heavy atom. The third kappa shape index (κ3) is 3.79. The van der Waals surface area contributed by atoms with Crippen LogP contribution in [0.1, 0.15) is 19.3 Å². The van der Waals surface area contributed by atoms with Crippen molar-refractivity contribution in [3.63, 3.8) is 0 Å². The average molecular weight is 433 g/mol. The molecule has 1 saturated carbocycles. The summed E-state index contributed by atoms with van der Waals surface area (Å²) in [4.78, 5) is 0.267. The molecule has 1 aliphatic carbocycles. The zero-order chi connectivity index (χ0) is 14.0. The van der Waals surface area contributed by atoms with Crippen molar-refractivity contribution in [3.05, 3.63) is 13.6 Å². The highest BCUT2D eigenvalue weighted by Crippen LogP contribution is 2.35. The Hall–Kier alpha value is 0.530. The lowest BCUT2D eigenvalue weighted by Gasteiger charge is -2.17. The smallest absolute Gasteiger partial charge is 0.242 e. The van der Waals surface area contributed by atoms with Crippen LogP contribution in [0.4, 0.5) is 0 Å². The lowest BCUT2D eigenvalue weighted by molar-refractivity contribution is 0.195. The van der Waals surface area contributed by atoms with E-state index < -0.39 is 10.0 Å². The zero-order valence-electron chi connectivity index (χ0n) is 10.1. The van der Waals surface area contributed by atoms with E-state index in [1.165, 1.54) is 11.3 Å². The molecule has 0 bridgehead atoms. The second kappa shape index (κ2) is 6.53. The van der Waals surface area contributed by atoms with Gasteiger partial charge in [-0.05, 0) is 62.6 Å². The molecule has 2 rings (SSSR count). The van der Waals surface area contributed by atoms with Gasteiger partial charge in [-0.1, -0.05) is 6.42 Å². The Morgan fingerprint density at radius 2 is 2.05 bits per heavy atom. The molecule has 1 fully saturated rings. The van der Waals surface area contributed by atoms with Gasteiger partial charge in [0.25, 0.3) is 0 Å². The number of aliphatic hydroxyl groups excluding tert-OH is 1. The van der Waals surface area contributed by atoms with Crippen molar-refractivity contribution < 1.29 is 13.5 Å². The summed E-state index contributed by atoms with van der Waals surface area (Å²) in [5.74, 6) is 0.459. The van der Waals surface area contributed by atoms with Gasteiger partial charge in [0.15, 0.2) is 0 Å². The van der Waals surface area contributed by atoms with Gasteiger partial charge in [0.2, 0.25) is 10.0 Å². The Morgan fingerprint density at radius 3 is 2.63 bits per heavy atom. The van der Waals surface area contributed by atoms with Gasteiger partial charge in [-0.15, -0.1) is 11.3 Å². The molecular weight excluding hydrogens is 418 g/mol. The predicted molar refractivity (Wildman–Crippen MR) is 82.8 cm³/mol. The molecule has 2 atom stereocenters. The van der Waals surface area contributed by atoms with Crippen molar-refractivity contribution >= 4 is 53.2 Å². The van der Waals surface area contributed by atoms with Crippen LogP contribution in [0.25, 0.3) is 0 Å². The molecule has 1 aromatic heterocycles. The van der Waals surface area contributed by atoms with Gasteiger partial charge in [-0.2, -0.15) is 0 Å². The summed E-state index contributed by atoms with van der Waals surface area (Å²) in [5.41, 5.74) is 0. The maximum Gasteiger partial charge on any atom is 0.242 e. The van der Waals surface area contributed by atoms with Crippen molar-refractivity contribution in [2.24, 2.45) is 11.8 Å². The van der Waals surface area contributed by atoms with Crippen molar-refractivity contribution in [3.8, 4) is 0 Å².